The first kappa shape index (κ1) is 15.7. The molecule has 3 heteroatoms. The molecule has 2 N–H and O–H groups in total. The quantitative estimate of drug-likeness (QED) is 0.625. The lowest BCUT2D eigenvalue weighted by molar-refractivity contribution is 0.358. The van der Waals surface area contributed by atoms with Crippen LogP contribution in [0.25, 0.3) is 12.2 Å². The van der Waals surface area contributed by atoms with Gasteiger partial charge < -0.3 is 14.9 Å². The van der Waals surface area contributed by atoms with Gasteiger partial charge in [-0.1, -0.05) is 29.9 Å². The van der Waals surface area contributed by atoms with E-state index < -0.39 is 0 Å². The molecule has 22 heavy (non-hydrogen) atoms. The lowest BCUT2D eigenvalue weighted by Gasteiger charge is -2.06. The van der Waals surface area contributed by atoms with Gasteiger partial charge in [0.2, 0.25) is 0 Å². The zero-order valence-electron chi connectivity index (χ0n) is 12.8. The maximum absolute atomic E-state index is 9.77. The van der Waals surface area contributed by atoms with E-state index in [1.165, 1.54) is 5.57 Å². The van der Waals surface area contributed by atoms with Crippen LogP contribution in [0.15, 0.2) is 54.1 Å². The number of phenolic OH excluding ortho intramolecular Hbond substituents is 2. The molecule has 0 heterocycles. The Kier molecular flexibility index (Phi) is 5.26. The van der Waals surface area contributed by atoms with Gasteiger partial charge in [-0.25, -0.2) is 0 Å². The fourth-order valence-electron chi connectivity index (χ4n) is 1.87. The summed E-state index contributed by atoms with van der Waals surface area (Å²) in [6, 6.07) is 12.0. The molecule has 2 rings (SSSR count). The van der Waals surface area contributed by atoms with Crippen LogP contribution in [0.1, 0.15) is 25.0 Å². The van der Waals surface area contributed by atoms with Crippen LogP contribution < -0.4 is 4.74 Å². The molecule has 0 fully saturated rings. The normalized spacial score (nSPS) is 10.6. The number of aromatic hydroxyl groups is 2. The van der Waals surface area contributed by atoms with E-state index in [-0.39, 0.29) is 11.5 Å². The molecule has 114 valence electrons. The minimum Gasteiger partial charge on any atom is -0.508 e. The van der Waals surface area contributed by atoms with Crippen LogP contribution >= 0.6 is 0 Å². The fourth-order valence-corrected chi connectivity index (χ4v) is 1.87. The third-order valence-corrected chi connectivity index (χ3v) is 3.02. The Hall–Kier alpha value is -2.68. The molecule has 0 aliphatic rings. The van der Waals surface area contributed by atoms with Crippen LogP contribution in [0.4, 0.5) is 0 Å². The molecule has 0 atom stereocenters. The maximum atomic E-state index is 9.77. The van der Waals surface area contributed by atoms with Crippen molar-refractivity contribution in [3.63, 3.8) is 0 Å². The molecule has 0 aromatic heterocycles. The van der Waals surface area contributed by atoms with Gasteiger partial charge in [-0.2, -0.15) is 0 Å². The van der Waals surface area contributed by atoms with Crippen molar-refractivity contribution in [1.29, 1.82) is 0 Å². The molecule has 2 aromatic rings. The number of allylic oxidation sites excluding steroid dienone is 1. The second kappa shape index (κ2) is 7.36. The van der Waals surface area contributed by atoms with Gasteiger partial charge in [-0.05, 0) is 55.3 Å². The van der Waals surface area contributed by atoms with E-state index in [0.717, 1.165) is 11.1 Å². The molecule has 0 aliphatic carbocycles. The van der Waals surface area contributed by atoms with Gasteiger partial charge in [0.05, 0.1) is 0 Å². The average Bonchev–Trinajstić information content (AvgIpc) is 2.46. The van der Waals surface area contributed by atoms with Gasteiger partial charge in [-0.3, -0.25) is 0 Å². The van der Waals surface area contributed by atoms with Gasteiger partial charge in [-0.15, -0.1) is 0 Å². The molecular formula is C19H20O3. The van der Waals surface area contributed by atoms with E-state index in [9.17, 15) is 10.2 Å². The second-order valence-electron chi connectivity index (χ2n) is 5.28. The minimum absolute atomic E-state index is 0.167. The van der Waals surface area contributed by atoms with Crippen molar-refractivity contribution in [3.8, 4) is 17.2 Å². The van der Waals surface area contributed by atoms with Crippen molar-refractivity contribution in [1.82, 2.24) is 0 Å². The monoisotopic (exact) mass is 296 g/mol. The third-order valence-electron chi connectivity index (χ3n) is 3.02. The summed E-state index contributed by atoms with van der Waals surface area (Å²) in [4.78, 5) is 0. The predicted molar refractivity (Wildman–Crippen MR) is 90.1 cm³/mol. The molecule has 0 amide bonds. The van der Waals surface area contributed by atoms with E-state index in [4.69, 9.17) is 4.74 Å². The molecule has 3 nitrogen and oxygen atoms in total. The van der Waals surface area contributed by atoms with Gasteiger partial charge in [0.1, 0.15) is 23.9 Å². The smallest absolute Gasteiger partial charge is 0.124 e. The lowest BCUT2D eigenvalue weighted by atomic mass is 10.1. The highest BCUT2D eigenvalue weighted by Crippen LogP contribution is 2.23. The van der Waals surface area contributed by atoms with Gasteiger partial charge in [0, 0.05) is 6.07 Å². The Morgan fingerprint density at radius 2 is 1.59 bits per heavy atom. The van der Waals surface area contributed by atoms with Crippen molar-refractivity contribution in [2.75, 3.05) is 6.61 Å². The zero-order valence-corrected chi connectivity index (χ0v) is 12.8. The van der Waals surface area contributed by atoms with Gasteiger partial charge >= 0.3 is 0 Å². The Balaban J connectivity index is 2.12. The topological polar surface area (TPSA) is 49.7 Å². The number of ether oxygens (including phenoxy) is 1. The SMILES string of the molecule is CC(C)=CCOc1cc(O)cc(/C=C/c2ccc(O)cc2)c1. The molecule has 0 bridgehead atoms. The second-order valence-corrected chi connectivity index (χ2v) is 5.28. The van der Waals surface area contributed by atoms with Crippen LogP contribution in [-0.2, 0) is 0 Å². The van der Waals surface area contributed by atoms with Crippen LogP contribution in [0, 0.1) is 0 Å². The van der Waals surface area contributed by atoms with E-state index in [1.54, 1.807) is 24.3 Å². The Labute approximate surface area is 130 Å². The van der Waals surface area contributed by atoms with Crippen LogP contribution in [0.2, 0.25) is 0 Å². The summed E-state index contributed by atoms with van der Waals surface area (Å²) in [5.74, 6) is 1.03. The Morgan fingerprint density at radius 3 is 2.27 bits per heavy atom. The molecule has 2 aromatic carbocycles. The summed E-state index contributed by atoms with van der Waals surface area (Å²) in [6.45, 7) is 4.50. The van der Waals surface area contributed by atoms with Crippen molar-refractivity contribution < 1.29 is 14.9 Å². The van der Waals surface area contributed by atoms with Crippen molar-refractivity contribution in [3.05, 3.63) is 65.2 Å². The van der Waals surface area contributed by atoms with E-state index >= 15 is 0 Å². The largest absolute Gasteiger partial charge is 0.508 e. The molecule has 0 saturated heterocycles. The average molecular weight is 296 g/mol. The third kappa shape index (κ3) is 5.02. The number of hydrogen-bond acceptors (Lipinski definition) is 3. The number of rotatable bonds is 5. The summed E-state index contributed by atoms with van der Waals surface area (Å²) in [5, 5.41) is 19.0. The zero-order chi connectivity index (χ0) is 15.9. The first-order valence-electron chi connectivity index (χ1n) is 7.10. The van der Waals surface area contributed by atoms with E-state index in [1.807, 2.05) is 50.3 Å². The number of benzene rings is 2. The highest BCUT2D eigenvalue weighted by atomic mass is 16.5. The van der Waals surface area contributed by atoms with Crippen LogP contribution in [0.3, 0.4) is 0 Å². The lowest BCUT2D eigenvalue weighted by Crippen LogP contribution is -1.94. The molecule has 0 aliphatic heterocycles. The number of hydrogen-bond donors (Lipinski definition) is 2. The van der Waals surface area contributed by atoms with Gasteiger partial charge in [0.25, 0.3) is 0 Å². The molecule has 0 radical (unpaired) electrons. The first-order valence-corrected chi connectivity index (χ1v) is 7.10. The summed E-state index contributed by atoms with van der Waals surface area (Å²) >= 11 is 0. The molecule has 0 saturated carbocycles. The van der Waals surface area contributed by atoms with E-state index in [0.29, 0.717) is 12.4 Å². The maximum Gasteiger partial charge on any atom is 0.124 e. The first-order chi connectivity index (χ1) is 10.5. The van der Waals surface area contributed by atoms with E-state index in [2.05, 4.69) is 0 Å². The van der Waals surface area contributed by atoms with Gasteiger partial charge in [0.15, 0.2) is 0 Å². The highest BCUT2D eigenvalue weighted by Gasteiger charge is 1.99. The van der Waals surface area contributed by atoms with Crippen LogP contribution in [-0.4, -0.2) is 16.8 Å². The summed E-state index contributed by atoms with van der Waals surface area (Å²) < 4.78 is 5.60. The minimum atomic E-state index is 0.167. The molecule has 0 unspecified atom stereocenters. The summed E-state index contributed by atoms with van der Waals surface area (Å²) in [5.41, 5.74) is 3.00. The summed E-state index contributed by atoms with van der Waals surface area (Å²) in [6.07, 6.45) is 5.78. The number of phenols is 2. The molecular weight excluding hydrogens is 276 g/mol. The summed E-state index contributed by atoms with van der Waals surface area (Å²) in [7, 11) is 0. The molecule has 0 spiro atoms. The predicted octanol–water partition coefficient (Wildman–Crippen LogP) is 4.61. The fraction of sp³-hybridized carbons (Fsp3) is 0.158. The van der Waals surface area contributed by atoms with Crippen LogP contribution in [0.5, 0.6) is 17.2 Å². The highest BCUT2D eigenvalue weighted by molar-refractivity contribution is 5.71. The van der Waals surface area contributed by atoms with Crippen molar-refractivity contribution in [2.24, 2.45) is 0 Å². The van der Waals surface area contributed by atoms with Crippen molar-refractivity contribution in [2.45, 2.75) is 13.8 Å². The standard InChI is InChI=1S/C19H20O3/c1-14(2)9-10-22-19-12-16(11-18(21)13-19)4-3-15-5-7-17(20)8-6-15/h3-9,11-13,20-21H,10H2,1-2H3/b4-3+. The van der Waals surface area contributed by atoms with Crippen molar-refractivity contribution >= 4 is 12.2 Å². The Morgan fingerprint density at radius 1 is 0.909 bits per heavy atom. The Bertz CT molecular complexity index is 678.